The van der Waals surface area contributed by atoms with Crippen molar-refractivity contribution >= 4 is 15.9 Å². The van der Waals surface area contributed by atoms with Crippen LogP contribution in [0.15, 0.2) is 59.5 Å². The number of morpholine rings is 1. The summed E-state index contributed by atoms with van der Waals surface area (Å²) in [7, 11) is -3.87. The molecule has 0 saturated carbocycles. The van der Waals surface area contributed by atoms with Gasteiger partial charge in [-0.25, -0.2) is 12.7 Å². The number of aryl methyl sites for hydroxylation is 1. The van der Waals surface area contributed by atoms with Crippen LogP contribution >= 0.6 is 0 Å². The van der Waals surface area contributed by atoms with Gasteiger partial charge in [0, 0.05) is 0 Å². The van der Waals surface area contributed by atoms with Crippen molar-refractivity contribution in [2.45, 2.75) is 17.9 Å². The molecule has 1 amide bonds. The Morgan fingerprint density at radius 2 is 1.70 bits per heavy atom. The Labute approximate surface area is 135 Å². The summed E-state index contributed by atoms with van der Waals surface area (Å²) in [5.74, 6) is -0.553. The highest BCUT2D eigenvalue weighted by Gasteiger charge is 2.38. The first kappa shape index (κ1) is 15.7. The molecule has 1 atom stereocenters. The molecule has 1 unspecified atom stereocenters. The Hall–Kier alpha value is -2.18. The van der Waals surface area contributed by atoms with Crippen molar-refractivity contribution in [3.63, 3.8) is 0 Å². The first-order valence-electron chi connectivity index (χ1n) is 7.30. The van der Waals surface area contributed by atoms with Crippen LogP contribution in [0.1, 0.15) is 17.2 Å². The van der Waals surface area contributed by atoms with Gasteiger partial charge < -0.3 is 4.74 Å². The third-order valence-corrected chi connectivity index (χ3v) is 5.57. The Morgan fingerprint density at radius 1 is 1.04 bits per heavy atom. The molecule has 6 heteroatoms. The SMILES string of the molecule is Cc1ccc(S(=O)(=O)N2CCOC(c3ccccc3)C2=O)cc1. The Morgan fingerprint density at radius 3 is 2.35 bits per heavy atom. The maximum absolute atomic E-state index is 12.7. The van der Waals surface area contributed by atoms with Crippen molar-refractivity contribution in [3.8, 4) is 0 Å². The highest BCUT2D eigenvalue weighted by molar-refractivity contribution is 7.89. The van der Waals surface area contributed by atoms with E-state index in [0.717, 1.165) is 9.87 Å². The molecule has 1 heterocycles. The molecule has 1 saturated heterocycles. The van der Waals surface area contributed by atoms with E-state index in [0.29, 0.717) is 5.56 Å². The lowest BCUT2D eigenvalue weighted by Gasteiger charge is -2.31. The summed E-state index contributed by atoms with van der Waals surface area (Å²) in [5.41, 5.74) is 1.61. The van der Waals surface area contributed by atoms with Gasteiger partial charge in [-0.3, -0.25) is 4.79 Å². The van der Waals surface area contributed by atoms with E-state index in [1.165, 1.54) is 12.1 Å². The van der Waals surface area contributed by atoms with E-state index in [4.69, 9.17) is 4.74 Å². The van der Waals surface area contributed by atoms with Crippen LogP contribution in [0, 0.1) is 6.92 Å². The summed E-state index contributed by atoms with van der Waals surface area (Å²) < 4.78 is 31.9. The Balaban J connectivity index is 1.93. The number of hydrogen-bond donors (Lipinski definition) is 0. The van der Waals surface area contributed by atoms with Crippen LogP contribution in [0.4, 0.5) is 0 Å². The zero-order valence-corrected chi connectivity index (χ0v) is 13.5. The van der Waals surface area contributed by atoms with E-state index < -0.39 is 22.0 Å². The molecule has 2 aromatic rings. The molecule has 0 radical (unpaired) electrons. The molecule has 1 fully saturated rings. The fourth-order valence-electron chi connectivity index (χ4n) is 2.51. The minimum Gasteiger partial charge on any atom is -0.362 e. The summed E-state index contributed by atoms with van der Waals surface area (Å²) in [6, 6.07) is 15.4. The largest absolute Gasteiger partial charge is 0.362 e. The van der Waals surface area contributed by atoms with Gasteiger partial charge in [0.15, 0.2) is 6.10 Å². The number of hydrogen-bond acceptors (Lipinski definition) is 4. The summed E-state index contributed by atoms with van der Waals surface area (Å²) in [4.78, 5) is 12.8. The fraction of sp³-hybridized carbons (Fsp3) is 0.235. The van der Waals surface area contributed by atoms with Gasteiger partial charge in [0.1, 0.15) is 0 Å². The standard InChI is InChI=1S/C17H17NO4S/c1-13-7-9-15(10-8-13)23(20,21)18-11-12-22-16(17(18)19)14-5-3-2-4-6-14/h2-10,16H,11-12H2,1H3. The highest BCUT2D eigenvalue weighted by Crippen LogP contribution is 2.27. The topological polar surface area (TPSA) is 63.7 Å². The van der Waals surface area contributed by atoms with Gasteiger partial charge in [0.05, 0.1) is 18.0 Å². The third kappa shape index (κ3) is 3.00. The quantitative estimate of drug-likeness (QED) is 0.865. The first-order chi connectivity index (χ1) is 11.0. The van der Waals surface area contributed by atoms with Crippen LogP contribution in [-0.4, -0.2) is 31.8 Å². The molecular weight excluding hydrogens is 314 g/mol. The molecule has 0 N–H and O–H groups in total. The van der Waals surface area contributed by atoms with Crippen molar-refractivity contribution in [1.82, 2.24) is 4.31 Å². The third-order valence-electron chi connectivity index (χ3n) is 3.76. The fourth-order valence-corrected chi connectivity index (χ4v) is 3.89. The summed E-state index contributed by atoms with van der Waals surface area (Å²) in [6.45, 7) is 2.08. The van der Waals surface area contributed by atoms with Crippen LogP contribution in [0.2, 0.25) is 0 Å². The molecule has 23 heavy (non-hydrogen) atoms. The van der Waals surface area contributed by atoms with Crippen LogP contribution < -0.4 is 0 Å². The first-order valence-corrected chi connectivity index (χ1v) is 8.74. The van der Waals surface area contributed by atoms with Gasteiger partial charge in [0.25, 0.3) is 15.9 Å². The van der Waals surface area contributed by atoms with Crippen molar-refractivity contribution in [1.29, 1.82) is 0 Å². The molecule has 5 nitrogen and oxygen atoms in total. The van der Waals surface area contributed by atoms with Gasteiger partial charge >= 0.3 is 0 Å². The number of sulfonamides is 1. The Bertz CT molecular complexity index is 800. The zero-order chi connectivity index (χ0) is 16.4. The van der Waals surface area contributed by atoms with E-state index in [-0.39, 0.29) is 18.0 Å². The van der Waals surface area contributed by atoms with E-state index in [1.807, 2.05) is 13.0 Å². The molecule has 1 aliphatic heterocycles. The number of rotatable bonds is 3. The van der Waals surface area contributed by atoms with E-state index in [9.17, 15) is 13.2 Å². The molecule has 0 aromatic heterocycles. The van der Waals surface area contributed by atoms with Crippen LogP contribution in [-0.2, 0) is 19.6 Å². The number of carbonyl (C=O) groups excluding carboxylic acids is 1. The number of ether oxygens (including phenoxy) is 1. The minimum atomic E-state index is -3.87. The smallest absolute Gasteiger partial charge is 0.270 e. The van der Waals surface area contributed by atoms with Gasteiger partial charge in [-0.05, 0) is 24.6 Å². The summed E-state index contributed by atoms with van der Waals surface area (Å²) >= 11 is 0. The highest BCUT2D eigenvalue weighted by atomic mass is 32.2. The van der Waals surface area contributed by atoms with Crippen LogP contribution in [0.5, 0.6) is 0 Å². The molecular formula is C17H17NO4S. The second-order valence-electron chi connectivity index (χ2n) is 5.39. The van der Waals surface area contributed by atoms with Crippen LogP contribution in [0.25, 0.3) is 0 Å². The van der Waals surface area contributed by atoms with Gasteiger partial charge in [-0.1, -0.05) is 48.0 Å². The van der Waals surface area contributed by atoms with Gasteiger partial charge in [-0.2, -0.15) is 0 Å². The van der Waals surface area contributed by atoms with Crippen molar-refractivity contribution in [3.05, 3.63) is 65.7 Å². The zero-order valence-electron chi connectivity index (χ0n) is 12.7. The number of amides is 1. The lowest BCUT2D eigenvalue weighted by Crippen LogP contribution is -2.46. The molecule has 0 spiro atoms. The lowest BCUT2D eigenvalue weighted by molar-refractivity contribution is -0.146. The average Bonchev–Trinajstić information content (AvgIpc) is 2.56. The molecule has 3 rings (SSSR count). The normalized spacial score (nSPS) is 18.9. The van der Waals surface area contributed by atoms with Crippen molar-refractivity contribution in [2.24, 2.45) is 0 Å². The maximum Gasteiger partial charge on any atom is 0.270 e. The molecule has 2 aromatic carbocycles. The molecule has 0 bridgehead atoms. The number of nitrogens with zero attached hydrogens (tertiary/aromatic N) is 1. The summed E-state index contributed by atoms with van der Waals surface area (Å²) in [5, 5.41) is 0. The second-order valence-corrected chi connectivity index (χ2v) is 7.25. The molecule has 120 valence electrons. The number of carbonyl (C=O) groups is 1. The predicted octanol–water partition coefficient (Wildman–Crippen LogP) is 2.28. The monoisotopic (exact) mass is 331 g/mol. The van der Waals surface area contributed by atoms with Gasteiger partial charge in [0.2, 0.25) is 0 Å². The van der Waals surface area contributed by atoms with Crippen LogP contribution in [0.3, 0.4) is 0 Å². The van der Waals surface area contributed by atoms with Crippen molar-refractivity contribution in [2.75, 3.05) is 13.2 Å². The maximum atomic E-state index is 12.7. The van der Waals surface area contributed by atoms with E-state index in [2.05, 4.69) is 0 Å². The lowest BCUT2D eigenvalue weighted by atomic mass is 10.1. The molecule has 0 aliphatic carbocycles. The predicted molar refractivity (Wildman–Crippen MR) is 85.2 cm³/mol. The van der Waals surface area contributed by atoms with Gasteiger partial charge in [-0.15, -0.1) is 0 Å². The van der Waals surface area contributed by atoms with E-state index in [1.54, 1.807) is 36.4 Å². The minimum absolute atomic E-state index is 0.0262. The number of benzene rings is 2. The van der Waals surface area contributed by atoms with Crippen molar-refractivity contribution < 1.29 is 17.9 Å². The average molecular weight is 331 g/mol. The summed E-state index contributed by atoms with van der Waals surface area (Å²) in [6.07, 6.45) is -0.884. The second kappa shape index (κ2) is 6.14. The molecule has 1 aliphatic rings. The van der Waals surface area contributed by atoms with E-state index >= 15 is 0 Å². The Kier molecular flexibility index (Phi) is 4.19.